The molecule has 1 aromatic rings. The molecule has 1 saturated heterocycles. The van der Waals surface area contributed by atoms with Crippen molar-refractivity contribution in [3.63, 3.8) is 0 Å². The molecule has 1 aromatic carbocycles. The summed E-state index contributed by atoms with van der Waals surface area (Å²) < 4.78 is 10.4. The smallest absolute Gasteiger partial charge is 0.418 e. The number of carbonyl (C=O) groups is 5. The fourth-order valence-corrected chi connectivity index (χ4v) is 3.44. The summed E-state index contributed by atoms with van der Waals surface area (Å²) >= 11 is 0. The van der Waals surface area contributed by atoms with Crippen LogP contribution in [-0.4, -0.2) is 53.3 Å². The van der Waals surface area contributed by atoms with Gasteiger partial charge in [-0.05, 0) is 122 Å². The number of hydrogen-bond donors (Lipinski definition) is 2. The molecular formula is C37H27N3O7. The molecular weight excluding hydrogens is 598 g/mol. The quantitative estimate of drug-likeness (QED) is 0.367. The Morgan fingerprint density at radius 2 is 1.34 bits per heavy atom. The van der Waals surface area contributed by atoms with Crippen molar-refractivity contribution in [1.29, 1.82) is 0 Å². The van der Waals surface area contributed by atoms with E-state index in [9.17, 15) is 24.0 Å². The molecule has 1 heterocycles. The van der Waals surface area contributed by atoms with Gasteiger partial charge in [-0.1, -0.05) is 26.7 Å². The zero-order chi connectivity index (χ0) is 35.0. The Morgan fingerprint density at radius 1 is 0.830 bits per heavy atom. The van der Waals surface area contributed by atoms with Crippen molar-refractivity contribution in [1.82, 2.24) is 4.90 Å². The number of amides is 4. The van der Waals surface area contributed by atoms with E-state index in [2.05, 4.69) is 105 Å². The Balaban J connectivity index is 2.17. The highest BCUT2D eigenvalue weighted by molar-refractivity contribution is 6.19. The van der Waals surface area contributed by atoms with Crippen molar-refractivity contribution in [3.05, 3.63) is 18.2 Å². The normalized spacial score (nSPS) is 12.2. The number of nitrogens with one attached hydrogen (secondary N) is 2. The molecule has 0 aliphatic carbocycles. The molecule has 0 aromatic heterocycles. The molecule has 4 amide bonds. The molecule has 2 N–H and O–H groups in total. The third-order valence-electron chi connectivity index (χ3n) is 5.60. The first-order chi connectivity index (χ1) is 22.2. The molecule has 1 fully saturated rings. The van der Waals surface area contributed by atoms with Crippen molar-refractivity contribution in [2.24, 2.45) is 5.41 Å². The van der Waals surface area contributed by atoms with E-state index in [1.165, 1.54) is 39.2 Å². The number of methoxy groups -OCH3 is 1. The van der Waals surface area contributed by atoms with Crippen molar-refractivity contribution in [2.45, 2.75) is 53.2 Å². The zero-order valence-electron chi connectivity index (χ0n) is 26.6. The van der Waals surface area contributed by atoms with E-state index in [1.807, 2.05) is 0 Å². The van der Waals surface area contributed by atoms with Crippen LogP contribution in [0.4, 0.5) is 16.2 Å². The number of ether oxygens (including phenoxy) is 2. The number of cyclic esters (lactones) is 1. The molecule has 10 nitrogen and oxygen atoms in total. The predicted molar refractivity (Wildman–Crippen MR) is 174 cm³/mol. The van der Waals surface area contributed by atoms with Crippen LogP contribution in [-0.2, 0) is 23.9 Å². The van der Waals surface area contributed by atoms with Crippen LogP contribution >= 0.6 is 0 Å². The number of nitrogens with zero attached hydrogens (tertiary/aromatic N) is 1. The van der Waals surface area contributed by atoms with E-state index in [0.29, 0.717) is 4.90 Å². The van der Waals surface area contributed by atoms with Crippen molar-refractivity contribution < 1.29 is 33.4 Å². The Labute approximate surface area is 274 Å². The summed E-state index contributed by atoms with van der Waals surface area (Å²) in [5.74, 6) is 36.2. The average Bonchev–Trinajstić information content (AvgIpc) is 3.20. The van der Waals surface area contributed by atoms with Crippen LogP contribution in [0.5, 0.6) is 5.75 Å². The molecule has 0 bridgehead atoms. The van der Waals surface area contributed by atoms with E-state index in [4.69, 9.17) is 9.47 Å². The van der Waals surface area contributed by atoms with Crippen LogP contribution in [0.15, 0.2) is 18.2 Å². The van der Waals surface area contributed by atoms with Gasteiger partial charge in [0, 0.05) is 17.0 Å². The maximum Gasteiger partial charge on any atom is 0.418 e. The van der Waals surface area contributed by atoms with Gasteiger partial charge in [0.2, 0.25) is 0 Å². The lowest BCUT2D eigenvalue weighted by molar-refractivity contribution is -0.145. The highest BCUT2D eigenvalue weighted by atomic mass is 16.6. The maximum absolute atomic E-state index is 13.5. The van der Waals surface area contributed by atoms with Crippen LogP contribution in [0.2, 0.25) is 0 Å². The first-order valence-electron chi connectivity index (χ1n) is 13.6. The lowest BCUT2D eigenvalue weighted by atomic mass is 9.85. The molecule has 10 heteroatoms. The number of anilines is 2. The van der Waals surface area contributed by atoms with Gasteiger partial charge < -0.3 is 20.1 Å². The van der Waals surface area contributed by atoms with Crippen molar-refractivity contribution >= 4 is 41.0 Å². The van der Waals surface area contributed by atoms with Gasteiger partial charge in [0.15, 0.2) is 17.4 Å². The van der Waals surface area contributed by atoms with E-state index in [0.717, 1.165) is 0 Å². The van der Waals surface area contributed by atoms with E-state index < -0.39 is 46.7 Å². The van der Waals surface area contributed by atoms with E-state index >= 15 is 0 Å². The van der Waals surface area contributed by atoms with Crippen LogP contribution < -0.4 is 15.4 Å². The molecule has 0 radical (unpaired) electrons. The summed E-state index contributed by atoms with van der Waals surface area (Å²) in [5.41, 5.74) is -2.43. The van der Waals surface area contributed by atoms with Crippen LogP contribution in [0.1, 0.15) is 41.5 Å². The topological polar surface area (TPSA) is 131 Å². The number of ketones is 1. The van der Waals surface area contributed by atoms with E-state index in [-0.39, 0.29) is 17.1 Å². The molecule has 1 unspecified atom stereocenters. The third kappa shape index (κ3) is 10.9. The second kappa shape index (κ2) is 16.8. The monoisotopic (exact) mass is 625 g/mol. The van der Waals surface area contributed by atoms with Crippen LogP contribution in [0.25, 0.3) is 0 Å². The fourth-order valence-electron chi connectivity index (χ4n) is 3.44. The van der Waals surface area contributed by atoms with Gasteiger partial charge in [-0.3, -0.25) is 19.2 Å². The lowest BCUT2D eigenvalue weighted by Gasteiger charge is -2.28. The molecule has 47 heavy (non-hydrogen) atoms. The van der Waals surface area contributed by atoms with Gasteiger partial charge in [-0.15, -0.1) is 0 Å². The second-order valence-electron chi connectivity index (χ2n) is 10.6. The predicted octanol–water partition coefficient (Wildman–Crippen LogP) is 2.36. The van der Waals surface area contributed by atoms with Gasteiger partial charge in [0.05, 0.1) is 12.8 Å². The molecule has 2 rings (SSSR count). The summed E-state index contributed by atoms with van der Waals surface area (Å²) in [6, 6.07) is 2.44. The molecule has 1 aliphatic heterocycles. The molecule has 1 aliphatic rings. The van der Waals surface area contributed by atoms with Gasteiger partial charge in [0.25, 0.3) is 11.8 Å². The Bertz CT molecular complexity index is 2030. The minimum atomic E-state index is -1.84. The summed E-state index contributed by atoms with van der Waals surface area (Å²) in [5, 5.41) is 5.05. The summed E-state index contributed by atoms with van der Waals surface area (Å²) in [6.07, 6.45) is -1.12. The van der Waals surface area contributed by atoms with Crippen molar-refractivity contribution in [3.8, 4) is 100 Å². The first kappa shape index (κ1) is 36.2. The standard InChI is InChI=1S/C37H27N3O7/c1-8-9-10-11-12-13-14-15-16-17-18-19-20-21-22-23-30(41)38-27-24-25-29(46-7)28(26-27)39-33(43)31(32(42)36(2,3)4)40-34(44)37(5,6)47-35(40)45/h24-26,31H,1-7H3,(H,38,41)(H,39,43). The van der Waals surface area contributed by atoms with Gasteiger partial charge in [0.1, 0.15) is 5.75 Å². The van der Waals surface area contributed by atoms with Crippen molar-refractivity contribution in [2.75, 3.05) is 17.7 Å². The first-order valence-corrected chi connectivity index (χ1v) is 13.6. The number of Topliss-reactive ketones (excluding diaryl/α,β-unsaturated/α-hetero) is 1. The molecule has 0 spiro atoms. The minimum absolute atomic E-state index is 0.0395. The minimum Gasteiger partial charge on any atom is -0.495 e. The summed E-state index contributed by atoms with van der Waals surface area (Å²) in [7, 11) is 1.34. The second-order valence-corrected chi connectivity index (χ2v) is 10.6. The average molecular weight is 626 g/mol. The van der Waals surface area contributed by atoms with Crippen LogP contribution in [0.3, 0.4) is 0 Å². The molecule has 232 valence electrons. The Kier molecular flexibility index (Phi) is 12.9. The van der Waals surface area contributed by atoms with Gasteiger partial charge >= 0.3 is 12.0 Å². The summed E-state index contributed by atoms with van der Waals surface area (Å²) in [4.78, 5) is 65.2. The summed E-state index contributed by atoms with van der Waals surface area (Å²) in [6.45, 7) is 9.02. The maximum atomic E-state index is 13.5. The Morgan fingerprint density at radius 3 is 1.79 bits per heavy atom. The van der Waals surface area contributed by atoms with Gasteiger partial charge in [-0.2, -0.15) is 0 Å². The molecule has 0 saturated carbocycles. The number of hydrogen-bond acceptors (Lipinski definition) is 7. The number of benzene rings is 1. The highest BCUT2D eigenvalue weighted by Gasteiger charge is 2.55. The number of rotatable bonds is 6. The number of imide groups is 1. The third-order valence-corrected chi connectivity index (χ3v) is 5.60. The zero-order valence-corrected chi connectivity index (χ0v) is 26.6. The van der Waals surface area contributed by atoms with Gasteiger partial charge in [-0.25, -0.2) is 9.69 Å². The SMILES string of the molecule is CC#CC#CC#CC#CC#CC#CC#CC#CC(=O)Nc1ccc(OC)c(NC(=O)C(C(=O)C(C)(C)C)N2C(=O)OC(C)(C)C2=O)c1. The highest BCUT2D eigenvalue weighted by Crippen LogP contribution is 2.32. The van der Waals surface area contributed by atoms with Crippen LogP contribution in [0, 0.1) is 100 Å². The largest absolute Gasteiger partial charge is 0.495 e. The van der Waals surface area contributed by atoms with E-state index in [1.54, 1.807) is 27.7 Å². The Hall–Kier alpha value is -6.95. The number of carbonyl (C=O) groups excluding carboxylic acids is 5. The lowest BCUT2D eigenvalue weighted by Crippen LogP contribution is -2.55. The molecule has 1 atom stereocenters. The fraction of sp³-hybridized carbons (Fsp3) is 0.270.